The fourth-order valence-corrected chi connectivity index (χ4v) is 2.41. The van der Waals surface area contributed by atoms with Crippen molar-refractivity contribution in [2.24, 2.45) is 0 Å². The van der Waals surface area contributed by atoms with Crippen LogP contribution in [-0.4, -0.2) is 34.5 Å². The summed E-state index contributed by atoms with van der Waals surface area (Å²) in [5.74, 6) is -1.04. The number of carboxylic acid groups (broad SMARTS) is 1. The second kappa shape index (κ2) is 7.58. The van der Waals surface area contributed by atoms with Gasteiger partial charge in [-0.15, -0.1) is 0 Å². The number of hydrogen-bond donors (Lipinski definition) is 1. The molecule has 0 aliphatic heterocycles. The van der Waals surface area contributed by atoms with Gasteiger partial charge in [-0.05, 0) is 37.1 Å². The topological polar surface area (TPSA) is 57.6 Å². The van der Waals surface area contributed by atoms with Crippen LogP contribution in [0.5, 0.6) is 0 Å². The first-order valence-electron chi connectivity index (χ1n) is 7.67. The van der Waals surface area contributed by atoms with E-state index in [9.17, 15) is 9.59 Å². The molecule has 120 valence electrons. The molecule has 1 N–H and O–H groups in total. The summed E-state index contributed by atoms with van der Waals surface area (Å²) in [5.41, 5.74) is 2.71. The molecule has 0 fully saturated rings. The number of carbonyl (C=O) groups excluding carboxylic acids is 1. The molecule has 0 aliphatic rings. The Morgan fingerprint density at radius 2 is 1.52 bits per heavy atom. The smallest absolute Gasteiger partial charge is 0.305 e. The van der Waals surface area contributed by atoms with E-state index in [0.717, 1.165) is 11.1 Å². The van der Waals surface area contributed by atoms with Crippen LogP contribution < -0.4 is 0 Å². The van der Waals surface area contributed by atoms with E-state index in [0.29, 0.717) is 5.56 Å². The Balaban J connectivity index is 2.16. The Morgan fingerprint density at radius 3 is 2.04 bits per heavy atom. The van der Waals surface area contributed by atoms with E-state index in [4.69, 9.17) is 5.11 Å². The van der Waals surface area contributed by atoms with Gasteiger partial charge in [-0.2, -0.15) is 0 Å². The summed E-state index contributed by atoms with van der Waals surface area (Å²) in [6.45, 7) is 3.99. The average molecular weight is 311 g/mol. The van der Waals surface area contributed by atoms with Crippen LogP contribution in [0, 0.1) is 0 Å². The maximum absolute atomic E-state index is 12.6. The molecule has 0 atom stereocenters. The highest BCUT2D eigenvalue weighted by molar-refractivity contribution is 5.95. The second-order valence-electron chi connectivity index (χ2n) is 5.68. The van der Waals surface area contributed by atoms with Gasteiger partial charge in [0.2, 0.25) is 0 Å². The summed E-state index contributed by atoms with van der Waals surface area (Å²) in [6, 6.07) is 17.3. The monoisotopic (exact) mass is 311 g/mol. The Morgan fingerprint density at radius 1 is 0.957 bits per heavy atom. The van der Waals surface area contributed by atoms with Crippen LogP contribution in [0.15, 0.2) is 54.6 Å². The number of nitrogens with zero attached hydrogens (tertiary/aromatic N) is 1. The lowest BCUT2D eigenvalue weighted by Gasteiger charge is -2.26. The van der Waals surface area contributed by atoms with Gasteiger partial charge in [0, 0.05) is 18.2 Å². The Hall–Kier alpha value is -2.62. The predicted octanol–water partition coefficient (Wildman–Crippen LogP) is 3.68. The third kappa shape index (κ3) is 4.42. The van der Waals surface area contributed by atoms with E-state index in [2.05, 4.69) is 0 Å². The third-order valence-electron chi connectivity index (χ3n) is 3.69. The maximum atomic E-state index is 12.6. The van der Waals surface area contributed by atoms with Gasteiger partial charge >= 0.3 is 5.97 Å². The normalized spacial score (nSPS) is 10.6. The van der Waals surface area contributed by atoms with Crippen LogP contribution in [0.25, 0.3) is 11.1 Å². The summed E-state index contributed by atoms with van der Waals surface area (Å²) < 4.78 is 0. The van der Waals surface area contributed by atoms with Gasteiger partial charge in [-0.3, -0.25) is 9.59 Å². The van der Waals surface area contributed by atoms with Gasteiger partial charge < -0.3 is 10.0 Å². The number of carboxylic acids is 1. The summed E-state index contributed by atoms with van der Waals surface area (Å²) in [6.07, 6.45) is -0.0496. The molecule has 0 spiro atoms. The van der Waals surface area contributed by atoms with Crippen LogP contribution in [0.3, 0.4) is 0 Å². The molecule has 0 radical (unpaired) electrons. The fourth-order valence-electron chi connectivity index (χ4n) is 2.41. The van der Waals surface area contributed by atoms with E-state index in [1.807, 2.05) is 56.3 Å². The number of rotatable bonds is 6. The van der Waals surface area contributed by atoms with Gasteiger partial charge in [0.05, 0.1) is 6.42 Å². The van der Waals surface area contributed by atoms with E-state index in [1.54, 1.807) is 17.0 Å². The average Bonchev–Trinajstić information content (AvgIpc) is 2.55. The first-order valence-corrected chi connectivity index (χ1v) is 7.67. The van der Waals surface area contributed by atoms with E-state index in [-0.39, 0.29) is 24.9 Å². The molecule has 1 amide bonds. The van der Waals surface area contributed by atoms with Crippen LogP contribution in [0.4, 0.5) is 0 Å². The molecular formula is C19H21NO3. The SMILES string of the molecule is CC(C)N(CCC(=O)O)C(=O)c1ccc(-c2ccccc2)cc1. The Bertz CT molecular complexity index is 663. The summed E-state index contributed by atoms with van der Waals surface area (Å²) in [7, 11) is 0. The largest absolute Gasteiger partial charge is 0.481 e. The zero-order chi connectivity index (χ0) is 16.8. The van der Waals surface area contributed by atoms with Gasteiger partial charge in [0.25, 0.3) is 5.91 Å². The number of hydrogen-bond acceptors (Lipinski definition) is 2. The van der Waals surface area contributed by atoms with Gasteiger partial charge in [-0.25, -0.2) is 0 Å². The number of benzene rings is 2. The molecule has 2 rings (SSSR count). The lowest BCUT2D eigenvalue weighted by atomic mass is 10.0. The van der Waals surface area contributed by atoms with E-state index < -0.39 is 5.97 Å². The van der Waals surface area contributed by atoms with Crippen molar-refractivity contribution >= 4 is 11.9 Å². The van der Waals surface area contributed by atoms with E-state index >= 15 is 0 Å². The zero-order valence-electron chi connectivity index (χ0n) is 13.4. The van der Waals surface area contributed by atoms with Crippen LogP contribution in [0.2, 0.25) is 0 Å². The van der Waals surface area contributed by atoms with Crippen molar-refractivity contribution in [3.8, 4) is 11.1 Å². The van der Waals surface area contributed by atoms with Gasteiger partial charge in [-0.1, -0.05) is 42.5 Å². The van der Waals surface area contributed by atoms with Crippen LogP contribution in [-0.2, 0) is 4.79 Å². The number of amides is 1. The molecule has 0 unspecified atom stereocenters. The molecule has 4 heteroatoms. The molecule has 2 aromatic rings. The maximum Gasteiger partial charge on any atom is 0.305 e. The van der Waals surface area contributed by atoms with Crippen molar-refractivity contribution in [3.63, 3.8) is 0 Å². The molecule has 0 aromatic heterocycles. The summed E-state index contributed by atoms with van der Waals surface area (Å²) >= 11 is 0. The molecule has 0 saturated carbocycles. The van der Waals surface area contributed by atoms with E-state index in [1.165, 1.54) is 0 Å². The molecule has 0 saturated heterocycles. The van der Waals surface area contributed by atoms with Crippen molar-refractivity contribution in [1.82, 2.24) is 4.90 Å². The molecule has 0 aliphatic carbocycles. The first-order chi connectivity index (χ1) is 11.0. The quantitative estimate of drug-likeness (QED) is 0.885. The van der Waals surface area contributed by atoms with Crippen molar-refractivity contribution in [3.05, 3.63) is 60.2 Å². The highest BCUT2D eigenvalue weighted by atomic mass is 16.4. The molecule has 2 aromatic carbocycles. The van der Waals surface area contributed by atoms with Gasteiger partial charge in [0.15, 0.2) is 0 Å². The molecule has 0 heterocycles. The Kier molecular flexibility index (Phi) is 5.52. The number of aliphatic carboxylic acids is 1. The highest BCUT2D eigenvalue weighted by Gasteiger charge is 2.19. The summed E-state index contributed by atoms with van der Waals surface area (Å²) in [5, 5.41) is 8.82. The lowest BCUT2D eigenvalue weighted by molar-refractivity contribution is -0.137. The Labute approximate surface area is 136 Å². The minimum Gasteiger partial charge on any atom is -0.481 e. The van der Waals surface area contributed by atoms with Crippen LogP contribution in [0.1, 0.15) is 30.6 Å². The third-order valence-corrected chi connectivity index (χ3v) is 3.69. The zero-order valence-corrected chi connectivity index (χ0v) is 13.4. The first kappa shape index (κ1) is 16.7. The van der Waals surface area contributed by atoms with Crippen LogP contribution >= 0.6 is 0 Å². The lowest BCUT2D eigenvalue weighted by Crippen LogP contribution is -2.38. The fraction of sp³-hybridized carbons (Fsp3) is 0.263. The van der Waals surface area contributed by atoms with Crippen molar-refractivity contribution in [1.29, 1.82) is 0 Å². The molecular weight excluding hydrogens is 290 g/mol. The number of carbonyl (C=O) groups is 2. The van der Waals surface area contributed by atoms with Crippen molar-refractivity contribution < 1.29 is 14.7 Å². The van der Waals surface area contributed by atoms with Gasteiger partial charge in [0.1, 0.15) is 0 Å². The predicted molar refractivity (Wildman–Crippen MR) is 90.3 cm³/mol. The summed E-state index contributed by atoms with van der Waals surface area (Å²) in [4.78, 5) is 24.9. The molecule has 4 nitrogen and oxygen atoms in total. The minimum atomic E-state index is -0.900. The second-order valence-corrected chi connectivity index (χ2v) is 5.68. The van der Waals surface area contributed by atoms with Crippen molar-refractivity contribution in [2.45, 2.75) is 26.3 Å². The minimum absolute atomic E-state index is 0.0457. The molecule has 23 heavy (non-hydrogen) atoms. The highest BCUT2D eigenvalue weighted by Crippen LogP contribution is 2.20. The standard InChI is InChI=1S/C19H21NO3/c1-14(2)20(13-12-18(21)22)19(23)17-10-8-16(9-11-17)15-6-4-3-5-7-15/h3-11,14H,12-13H2,1-2H3,(H,21,22). The molecule has 0 bridgehead atoms. The van der Waals surface area contributed by atoms with Crippen molar-refractivity contribution in [2.75, 3.05) is 6.54 Å².